The molecule has 1 aliphatic heterocycles. The van der Waals surface area contributed by atoms with Crippen LogP contribution in [0.1, 0.15) is 19.8 Å². The lowest BCUT2D eigenvalue weighted by molar-refractivity contribution is -0.148. The summed E-state index contributed by atoms with van der Waals surface area (Å²) in [6.07, 6.45) is 2.11. The van der Waals surface area contributed by atoms with E-state index in [1.807, 2.05) is 0 Å². The van der Waals surface area contributed by atoms with Crippen molar-refractivity contribution in [2.45, 2.75) is 25.9 Å². The summed E-state index contributed by atoms with van der Waals surface area (Å²) in [6, 6.07) is 0. The maximum atomic E-state index is 11.1. The van der Waals surface area contributed by atoms with E-state index in [-0.39, 0.29) is 6.10 Å². The summed E-state index contributed by atoms with van der Waals surface area (Å²) in [5.74, 6) is 1.27. The summed E-state index contributed by atoms with van der Waals surface area (Å²) in [5.41, 5.74) is 0. The molecule has 0 bridgehead atoms. The third-order valence-electron chi connectivity index (χ3n) is 2.74. The molecule has 56 valence electrons. The second-order valence-corrected chi connectivity index (χ2v) is 3.16. The van der Waals surface area contributed by atoms with Crippen molar-refractivity contribution in [3.05, 3.63) is 0 Å². The Morgan fingerprint density at radius 1 is 1.70 bits per heavy atom. The molecule has 2 heteroatoms. The van der Waals surface area contributed by atoms with Gasteiger partial charge >= 0.3 is 0 Å². The molecule has 0 N–H and O–H groups in total. The highest BCUT2D eigenvalue weighted by Crippen LogP contribution is 2.42. The highest BCUT2D eigenvalue weighted by atomic mass is 16.5. The molecular formula is C8H12O2. The lowest BCUT2D eigenvalue weighted by Crippen LogP contribution is -2.49. The van der Waals surface area contributed by atoms with Gasteiger partial charge in [0.1, 0.15) is 6.10 Å². The molecule has 2 fully saturated rings. The fraction of sp³-hybridized carbons (Fsp3) is 0.875. The van der Waals surface area contributed by atoms with Crippen LogP contribution in [0.3, 0.4) is 0 Å². The van der Waals surface area contributed by atoms with E-state index in [0.29, 0.717) is 17.6 Å². The van der Waals surface area contributed by atoms with Crippen molar-refractivity contribution in [3.8, 4) is 0 Å². The standard InChI is InChI=1S/C8H12O2/c1-2-5-6-3-4-10-8(6)7(5)9/h5-6,8H,2-4H2,1H3/t5-,6+,8+/m1/s1. The number of carbonyl (C=O) groups excluding carboxylic acids is 1. The molecule has 0 aromatic heterocycles. The van der Waals surface area contributed by atoms with E-state index >= 15 is 0 Å². The van der Waals surface area contributed by atoms with E-state index in [1.165, 1.54) is 0 Å². The van der Waals surface area contributed by atoms with E-state index in [4.69, 9.17) is 4.74 Å². The van der Waals surface area contributed by atoms with E-state index in [0.717, 1.165) is 19.4 Å². The van der Waals surface area contributed by atoms with Gasteiger partial charge in [0.05, 0.1) is 0 Å². The molecule has 1 saturated heterocycles. The zero-order chi connectivity index (χ0) is 7.14. The topological polar surface area (TPSA) is 26.3 Å². The molecule has 0 amide bonds. The monoisotopic (exact) mass is 140 g/mol. The maximum absolute atomic E-state index is 11.1. The van der Waals surface area contributed by atoms with Crippen LogP contribution in [0.2, 0.25) is 0 Å². The van der Waals surface area contributed by atoms with Crippen molar-refractivity contribution in [2.75, 3.05) is 6.61 Å². The lowest BCUT2D eigenvalue weighted by Gasteiger charge is -2.36. The highest BCUT2D eigenvalue weighted by Gasteiger charge is 2.51. The molecule has 0 radical (unpaired) electrons. The van der Waals surface area contributed by atoms with Gasteiger partial charge in [-0.25, -0.2) is 0 Å². The zero-order valence-electron chi connectivity index (χ0n) is 6.17. The third-order valence-corrected chi connectivity index (χ3v) is 2.74. The molecule has 2 rings (SSSR count). The molecule has 0 aromatic carbocycles. The molecule has 1 heterocycles. The van der Waals surface area contributed by atoms with Crippen LogP contribution in [-0.2, 0) is 9.53 Å². The van der Waals surface area contributed by atoms with Crippen LogP contribution in [0.15, 0.2) is 0 Å². The zero-order valence-corrected chi connectivity index (χ0v) is 6.17. The second kappa shape index (κ2) is 2.06. The van der Waals surface area contributed by atoms with Gasteiger partial charge in [-0.15, -0.1) is 0 Å². The summed E-state index contributed by atoms with van der Waals surface area (Å²) in [5, 5.41) is 0. The quantitative estimate of drug-likeness (QED) is 0.543. The highest BCUT2D eigenvalue weighted by molar-refractivity contribution is 5.92. The number of Topliss-reactive ketones (excluding diaryl/α,β-unsaturated/α-hetero) is 1. The van der Waals surface area contributed by atoms with Crippen LogP contribution < -0.4 is 0 Å². The summed E-state index contributed by atoms with van der Waals surface area (Å²) >= 11 is 0. The Labute approximate surface area is 60.6 Å². The minimum absolute atomic E-state index is 0.00458. The number of ketones is 1. The number of hydrogen-bond acceptors (Lipinski definition) is 2. The van der Waals surface area contributed by atoms with Gasteiger partial charge < -0.3 is 4.74 Å². The number of rotatable bonds is 1. The Kier molecular flexibility index (Phi) is 1.31. The Morgan fingerprint density at radius 2 is 2.50 bits per heavy atom. The van der Waals surface area contributed by atoms with Crippen molar-refractivity contribution in [3.63, 3.8) is 0 Å². The molecule has 0 spiro atoms. The first-order valence-corrected chi connectivity index (χ1v) is 4.00. The number of carbonyl (C=O) groups is 1. The summed E-state index contributed by atoms with van der Waals surface area (Å²) in [7, 11) is 0. The minimum atomic E-state index is 0.00458. The SMILES string of the molecule is CC[C@H]1C(=O)[C@H]2OCC[C@H]21. The fourth-order valence-electron chi connectivity index (χ4n) is 2.12. The fourth-order valence-corrected chi connectivity index (χ4v) is 2.12. The van der Waals surface area contributed by atoms with Gasteiger partial charge in [-0.05, 0) is 12.8 Å². The van der Waals surface area contributed by atoms with Gasteiger partial charge in [0, 0.05) is 18.4 Å². The Morgan fingerprint density at radius 3 is 3.20 bits per heavy atom. The van der Waals surface area contributed by atoms with Crippen LogP contribution in [0, 0.1) is 11.8 Å². The largest absolute Gasteiger partial charge is 0.370 e. The molecule has 10 heavy (non-hydrogen) atoms. The molecule has 0 unspecified atom stereocenters. The first-order valence-electron chi connectivity index (χ1n) is 4.00. The van der Waals surface area contributed by atoms with Crippen LogP contribution in [0.5, 0.6) is 0 Å². The first kappa shape index (κ1) is 6.35. The summed E-state index contributed by atoms with van der Waals surface area (Å²) < 4.78 is 5.25. The van der Waals surface area contributed by atoms with Crippen molar-refractivity contribution >= 4 is 5.78 Å². The van der Waals surface area contributed by atoms with Crippen molar-refractivity contribution < 1.29 is 9.53 Å². The van der Waals surface area contributed by atoms with Crippen LogP contribution in [-0.4, -0.2) is 18.5 Å². The van der Waals surface area contributed by atoms with E-state index in [2.05, 4.69) is 6.92 Å². The summed E-state index contributed by atoms with van der Waals surface area (Å²) in [4.78, 5) is 11.1. The Bertz CT molecular complexity index is 165. The normalized spacial score (nSPS) is 44.9. The summed E-state index contributed by atoms with van der Waals surface area (Å²) in [6.45, 7) is 2.88. The van der Waals surface area contributed by atoms with Gasteiger partial charge in [0.15, 0.2) is 5.78 Å². The molecular weight excluding hydrogens is 128 g/mol. The van der Waals surface area contributed by atoms with Gasteiger partial charge in [0.25, 0.3) is 0 Å². The van der Waals surface area contributed by atoms with Crippen LogP contribution in [0.25, 0.3) is 0 Å². The number of hydrogen-bond donors (Lipinski definition) is 0. The smallest absolute Gasteiger partial charge is 0.165 e. The van der Waals surface area contributed by atoms with Gasteiger partial charge in [0.2, 0.25) is 0 Å². The predicted octanol–water partition coefficient (Wildman–Crippen LogP) is 1.00. The van der Waals surface area contributed by atoms with Crippen molar-refractivity contribution in [1.82, 2.24) is 0 Å². The predicted molar refractivity (Wildman–Crippen MR) is 36.6 cm³/mol. The molecule has 2 aliphatic rings. The molecule has 1 aliphatic carbocycles. The van der Waals surface area contributed by atoms with E-state index in [1.54, 1.807) is 0 Å². The van der Waals surface area contributed by atoms with Gasteiger partial charge in [-0.3, -0.25) is 4.79 Å². The van der Waals surface area contributed by atoms with E-state index in [9.17, 15) is 4.79 Å². The lowest BCUT2D eigenvalue weighted by atomic mass is 9.68. The van der Waals surface area contributed by atoms with Gasteiger partial charge in [-0.2, -0.15) is 0 Å². The van der Waals surface area contributed by atoms with Crippen molar-refractivity contribution in [2.24, 2.45) is 11.8 Å². The van der Waals surface area contributed by atoms with Crippen LogP contribution >= 0.6 is 0 Å². The van der Waals surface area contributed by atoms with E-state index < -0.39 is 0 Å². The number of fused-ring (bicyclic) bond motifs is 1. The Balaban J connectivity index is 2.08. The van der Waals surface area contributed by atoms with Crippen molar-refractivity contribution in [1.29, 1.82) is 0 Å². The first-order chi connectivity index (χ1) is 4.84. The van der Waals surface area contributed by atoms with Crippen LogP contribution in [0.4, 0.5) is 0 Å². The molecule has 3 atom stereocenters. The average Bonchev–Trinajstić information content (AvgIpc) is 2.33. The third kappa shape index (κ3) is 0.601. The Hall–Kier alpha value is -0.370. The molecule has 2 nitrogen and oxygen atoms in total. The maximum Gasteiger partial charge on any atom is 0.165 e. The minimum Gasteiger partial charge on any atom is -0.370 e. The second-order valence-electron chi connectivity index (χ2n) is 3.16. The van der Waals surface area contributed by atoms with Gasteiger partial charge in [-0.1, -0.05) is 6.92 Å². The average molecular weight is 140 g/mol. The number of ether oxygens (including phenoxy) is 1. The molecule has 1 saturated carbocycles. The molecule has 0 aromatic rings.